The maximum atomic E-state index is 13.6. The molecule has 1 unspecified atom stereocenters. The van der Waals surface area contributed by atoms with E-state index in [0.29, 0.717) is 11.5 Å². The van der Waals surface area contributed by atoms with E-state index < -0.39 is 0 Å². The van der Waals surface area contributed by atoms with Gasteiger partial charge in [0.25, 0.3) is 5.91 Å². The molecule has 1 N–H and O–H groups in total. The Morgan fingerprint density at radius 2 is 1.97 bits per heavy atom. The van der Waals surface area contributed by atoms with E-state index in [-0.39, 0.29) is 36.8 Å². The van der Waals surface area contributed by atoms with Gasteiger partial charge in [-0.25, -0.2) is 9.67 Å². The van der Waals surface area contributed by atoms with Crippen molar-refractivity contribution in [3.63, 3.8) is 0 Å². The first kappa shape index (κ1) is 25.1. The number of fused-ring (bicyclic) bond motifs is 1. The van der Waals surface area contributed by atoms with Gasteiger partial charge in [-0.05, 0) is 52.3 Å². The number of likely N-dealkylation sites (tertiary alicyclic amines) is 1. The molecule has 1 saturated heterocycles. The number of hydrogen-bond donors (Lipinski definition) is 1. The van der Waals surface area contributed by atoms with Crippen LogP contribution >= 0.6 is 24.8 Å². The zero-order chi connectivity index (χ0) is 20.4. The van der Waals surface area contributed by atoms with E-state index in [1.54, 1.807) is 6.20 Å². The van der Waals surface area contributed by atoms with Crippen LogP contribution in [0.2, 0.25) is 0 Å². The van der Waals surface area contributed by atoms with Gasteiger partial charge in [0, 0.05) is 24.7 Å². The van der Waals surface area contributed by atoms with E-state index in [1.165, 1.54) is 0 Å². The molecule has 31 heavy (non-hydrogen) atoms. The third-order valence-electron chi connectivity index (χ3n) is 5.65. The van der Waals surface area contributed by atoms with Gasteiger partial charge in [-0.2, -0.15) is 5.10 Å². The molecule has 0 spiro atoms. The van der Waals surface area contributed by atoms with Crippen LogP contribution in [0.25, 0.3) is 22.3 Å². The predicted molar refractivity (Wildman–Crippen MR) is 130 cm³/mol. The molecule has 4 rings (SSSR count). The van der Waals surface area contributed by atoms with Crippen molar-refractivity contribution in [3.8, 4) is 11.3 Å². The summed E-state index contributed by atoms with van der Waals surface area (Å²) in [6.45, 7) is 6.70. The highest BCUT2D eigenvalue weighted by Gasteiger charge is 2.27. The number of rotatable bonds is 5. The van der Waals surface area contributed by atoms with Crippen LogP contribution in [0.3, 0.4) is 0 Å². The summed E-state index contributed by atoms with van der Waals surface area (Å²) in [5, 5.41) is 8.62. The first-order valence-corrected chi connectivity index (χ1v) is 10.5. The molecule has 6 nitrogen and oxygen atoms in total. The largest absolute Gasteiger partial charge is 0.338 e. The zero-order valence-corrected chi connectivity index (χ0v) is 19.9. The Kier molecular flexibility index (Phi) is 8.86. The van der Waals surface area contributed by atoms with Gasteiger partial charge in [0.1, 0.15) is 0 Å². The number of pyridine rings is 1. The van der Waals surface area contributed by atoms with Gasteiger partial charge in [-0.1, -0.05) is 30.3 Å². The standard InChI is InChI=1S/C23H29N5O.2ClH/c1-16(2)28-22-20(14-25-28)19(12-21(26-22)18-9-5-4-6-10-18)23(29)27-11-7-8-17(15-27)13-24-3;;/h4-6,9-10,12,14,16-17,24H,7-8,11,13,15H2,1-3H3;2*1H. The van der Waals surface area contributed by atoms with E-state index in [4.69, 9.17) is 4.98 Å². The van der Waals surface area contributed by atoms with Crippen LogP contribution in [0.15, 0.2) is 42.6 Å². The molecule has 2 aromatic heterocycles. The quantitative estimate of drug-likeness (QED) is 0.600. The summed E-state index contributed by atoms with van der Waals surface area (Å²) in [6, 6.07) is 12.1. The summed E-state index contributed by atoms with van der Waals surface area (Å²) in [5.74, 6) is 0.584. The minimum atomic E-state index is 0. The Morgan fingerprint density at radius 1 is 1.23 bits per heavy atom. The lowest BCUT2D eigenvalue weighted by molar-refractivity contribution is 0.0676. The number of piperidine rings is 1. The third-order valence-corrected chi connectivity index (χ3v) is 5.65. The number of carbonyl (C=O) groups is 1. The van der Waals surface area contributed by atoms with Crippen molar-refractivity contribution in [1.82, 2.24) is 25.0 Å². The van der Waals surface area contributed by atoms with E-state index in [1.807, 2.05) is 53.0 Å². The normalized spacial score (nSPS) is 16.1. The van der Waals surface area contributed by atoms with Gasteiger partial charge in [0.05, 0.1) is 22.8 Å². The average molecular weight is 464 g/mol. The average Bonchev–Trinajstić information content (AvgIpc) is 3.18. The van der Waals surface area contributed by atoms with Crippen LogP contribution < -0.4 is 5.32 Å². The topological polar surface area (TPSA) is 63.1 Å². The lowest BCUT2D eigenvalue weighted by Gasteiger charge is -2.33. The van der Waals surface area contributed by atoms with Crippen LogP contribution in [-0.4, -0.2) is 52.3 Å². The fraction of sp³-hybridized carbons (Fsp3) is 0.435. The molecule has 1 aliphatic heterocycles. The van der Waals surface area contributed by atoms with Crippen molar-refractivity contribution in [2.45, 2.75) is 32.7 Å². The van der Waals surface area contributed by atoms with Crippen LogP contribution in [0.5, 0.6) is 0 Å². The summed E-state index contributed by atoms with van der Waals surface area (Å²) >= 11 is 0. The van der Waals surface area contributed by atoms with Gasteiger partial charge >= 0.3 is 0 Å². The highest BCUT2D eigenvalue weighted by Crippen LogP contribution is 2.28. The Bertz CT molecular complexity index is 1000. The summed E-state index contributed by atoms with van der Waals surface area (Å²) in [7, 11) is 1.97. The Labute approximate surface area is 196 Å². The molecule has 1 amide bonds. The number of amides is 1. The van der Waals surface area contributed by atoms with Crippen molar-refractivity contribution in [2.75, 3.05) is 26.7 Å². The maximum Gasteiger partial charge on any atom is 0.254 e. The number of carbonyl (C=O) groups excluding carboxylic acids is 1. The molecule has 3 heterocycles. The lowest BCUT2D eigenvalue weighted by atomic mass is 9.97. The van der Waals surface area contributed by atoms with Gasteiger partial charge in [0.2, 0.25) is 0 Å². The van der Waals surface area contributed by atoms with Crippen molar-refractivity contribution < 1.29 is 4.79 Å². The molecule has 0 radical (unpaired) electrons. The van der Waals surface area contributed by atoms with Gasteiger partial charge < -0.3 is 10.2 Å². The second kappa shape index (κ2) is 10.9. The van der Waals surface area contributed by atoms with Crippen molar-refractivity contribution >= 4 is 41.8 Å². The lowest BCUT2D eigenvalue weighted by Crippen LogP contribution is -2.42. The highest BCUT2D eigenvalue weighted by atomic mass is 35.5. The SMILES string of the molecule is CNCC1CCCN(C(=O)c2cc(-c3ccccc3)nc3c2cnn3C(C)C)C1.Cl.Cl. The van der Waals surface area contributed by atoms with Crippen LogP contribution in [-0.2, 0) is 0 Å². The van der Waals surface area contributed by atoms with Crippen molar-refractivity contribution in [2.24, 2.45) is 5.92 Å². The van der Waals surface area contributed by atoms with Crippen LogP contribution in [0.1, 0.15) is 43.1 Å². The first-order valence-electron chi connectivity index (χ1n) is 10.5. The second-order valence-corrected chi connectivity index (χ2v) is 8.16. The van der Waals surface area contributed by atoms with Gasteiger partial charge in [0.15, 0.2) is 5.65 Å². The van der Waals surface area contributed by atoms with Gasteiger partial charge in [-0.3, -0.25) is 4.79 Å². The second-order valence-electron chi connectivity index (χ2n) is 8.16. The van der Waals surface area contributed by atoms with E-state index in [2.05, 4.69) is 24.3 Å². The number of aromatic nitrogens is 3. The molecular formula is C23H31Cl2N5O. The van der Waals surface area contributed by atoms with Crippen molar-refractivity contribution in [1.29, 1.82) is 0 Å². The summed E-state index contributed by atoms with van der Waals surface area (Å²) in [6.07, 6.45) is 4.00. The monoisotopic (exact) mass is 463 g/mol. The van der Waals surface area contributed by atoms with Crippen molar-refractivity contribution in [3.05, 3.63) is 48.2 Å². The molecule has 168 valence electrons. The number of hydrogen-bond acceptors (Lipinski definition) is 4. The molecule has 1 aliphatic rings. The first-order chi connectivity index (χ1) is 14.1. The van der Waals surface area contributed by atoms with E-state index in [9.17, 15) is 4.79 Å². The van der Waals surface area contributed by atoms with Crippen LogP contribution in [0.4, 0.5) is 0 Å². The smallest absolute Gasteiger partial charge is 0.254 e. The van der Waals surface area contributed by atoms with Crippen LogP contribution in [0, 0.1) is 5.92 Å². The minimum Gasteiger partial charge on any atom is -0.338 e. The fourth-order valence-electron chi connectivity index (χ4n) is 4.20. The van der Waals surface area contributed by atoms with Gasteiger partial charge in [-0.15, -0.1) is 24.8 Å². The summed E-state index contributed by atoms with van der Waals surface area (Å²) < 4.78 is 1.90. The number of nitrogens with zero attached hydrogens (tertiary/aromatic N) is 4. The molecule has 1 atom stereocenters. The molecule has 1 fully saturated rings. The summed E-state index contributed by atoms with van der Waals surface area (Å²) in [5.41, 5.74) is 3.29. The Balaban J connectivity index is 0.00000171. The number of nitrogens with one attached hydrogen (secondary N) is 1. The Morgan fingerprint density at radius 3 is 2.65 bits per heavy atom. The maximum absolute atomic E-state index is 13.6. The molecule has 8 heteroatoms. The highest BCUT2D eigenvalue weighted by molar-refractivity contribution is 6.06. The molecule has 1 aromatic carbocycles. The Hall–Kier alpha value is -2.15. The molecule has 0 saturated carbocycles. The molecule has 3 aromatic rings. The molecule has 0 aliphatic carbocycles. The molecule has 0 bridgehead atoms. The predicted octanol–water partition coefficient (Wildman–Crippen LogP) is 4.59. The summed E-state index contributed by atoms with van der Waals surface area (Å²) in [4.78, 5) is 20.4. The number of halogens is 2. The molecular weight excluding hydrogens is 433 g/mol. The third kappa shape index (κ3) is 5.20. The van der Waals surface area contributed by atoms with E-state index >= 15 is 0 Å². The minimum absolute atomic E-state index is 0. The zero-order valence-electron chi connectivity index (χ0n) is 18.2. The van der Waals surface area contributed by atoms with E-state index in [0.717, 1.165) is 54.8 Å². The fourth-order valence-corrected chi connectivity index (χ4v) is 4.20. The number of benzene rings is 1.